The van der Waals surface area contributed by atoms with Crippen LogP contribution < -0.4 is 5.32 Å². The zero-order valence-corrected chi connectivity index (χ0v) is 49.4. The Bertz CT molecular complexity index is 1140. The molecule has 0 aromatic heterocycles. The molecule has 0 aliphatic heterocycles. The van der Waals surface area contributed by atoms with Crippen LogP contribution in [0.3, 0.4) is 0 Å². The molecule has 0 rings (SSSR count). The third-order valence-corrected chi connectivity index (χ3v) is 15.5. The highest BCUT2D eigenvalue weighted by molar-refractivity contribution is 5.76. The number of aliphatic hydroxyl groups excluding tert-OH is 2. The lowest BCUT2D eigenvalue weighted by Gasteiger charge is -2.22. The van der Waals surface area contributed by atoms with E-state index in [1.54, 1.807) is 0 Å². The summed E-state index contributed by atoms with van der Waals surface area (Å²) in [5, 5.41) is 23.2. The molecule has 0 aliphatic rings. The van der Waals surface area contributed by atoms with Crippen LogP contribution in [0.15, 0.2) is 24.3 Å². The molecule has 0 saturated carbocycles. The van der Waals surface area contributed by atoms with Crippen LogP contribution in [0.25, 0.3) is 0 Å². The fraction of sp³-hybridized carbons (Fsp3) is 0.910. The van der Waals surface area contributed by atoms with Gasteiger partial charge in [0.05, 0.1) is 25.4 Å². The monoisotopic (exact) mass is 1030 g/mol. The predicted molar refractivity (Wildman–Crippen MR) is 320 cm³/mol. The lowest BCUT2D eigenvalue weighted by atomic mass is 10.0. The number of esters is 1. The summed E-state index contributed by atoms with van der Waals surface area (Å²) in [6, 6.07) is -0.538. The van der Waals surface area contributed by atoms with Crippen molar-refractivity contribution < 1.29 is 24.5 Å². The van der Waals surface area contributed by atoms with Crippen molar-refractivity contribution in [3.8, 4) is 0 Å². The minimum atomic E-state index is -0.660. The molecule has 0 aromatic carbocycles. The molecule has 73 heavy (non-hydrogen) atoms. The molecule has 0 fully saturated rings. The number of hydrogen-bond donors (Lipinski definition) is 3. The molecular formula is C67H129NO5. The first-order chi connectivity index (χ1) is 36.0. The summed E-state index contributed by atoms with van der Waals surface area (Å²) in [7, 11) is 0. The molecule has 1 amide bonds. The van der Waals surface area contributed by atoms with Crippen molar-refractivity contribution in [2.24, 2.45) is 0 Å². The number of carbonyl (C=O) groups excluding carboxylic acids is 2. The number of carbonyl (C=O) groups is 2. The van der Waals surface area contributed by atoms with Gasteiger partial charge in [-0.15, -0.1) is 0 Å². The number of unbranched alkanes of at least 4 members (excludes halogenated alkanes) is 47. The predicted octanol–water partition coefficient (Wildman–Crippen LogP) is 21.0. The van der Waals surface area contributed by atoms with Crippen molar-refractivity contribution in [1.82, 2.24) is 5.32 Å². The van der Waals surface area contributed by atoms with E-state index in [1.807, 2.05) is 0 Å². The van der Waals surface area contributed by atoms with Crippen molar-refractivity contribution in [2.75, 3.05) is 13.2 Å². The number of hydrogen-bond acceptors (Lipinski definition) is 5. The Morgan fingerprint density at radius 3 is 0.973 bits per heavy atom. The van der Waals surface area contributed by atoms with Gasteiger partial charge in [0.15, 0.2) is 0 Å². The van der Waals surface area contributed by atoms with E-state index in [1.165, 1.54) is 289 Å². The topological polar surface area (TPSA) is 95.9 Å². The van der Waals surface area contributed by atoms with Crippen LogP contribution in [-0.4, -0.2) is 47.4 Å². The van der Waals surface area contributed by atoms with Gasteiger partial charge in [-0.2, -0.15) is 0 Å². The average Bonchev–Trinajstić information content (AvgIpc) is 3.39. The third-order valence-electron chi connectivity index (χ3n) is 15.5. The highest BCUT2D eigenvalue weighted by Crippen LogP contribution is 2.18. The zero-order chi connectivity index (χ0) is 52.9. The first-order valence-corrected chi connectivity index (χ1v) is 33.1. The van der Waals surface area contributed by atoms with Crippen LogP contribution in [-0.2, 0) is 14.3 Å². The van der Waals surface area contributed by atoms with Crippen LogP contribution in [0.4, 0.5) is 0 Å². The fourth-order valence-corrected chi connectivity index (χ4v) is 10.4. The summed E-state index contributed by atoms with van der Waals surface area (Å²) in [6.45, 7) is 4.95. The van der Waals surface area contributed by atoms with Gasteiger partial charge in [-0.25, -0.2) is 0 Å². The summed E-state index contributed by atoms with van der Waals surface area (Å²) in [6.07, 6.45) is 78.0. The minimum Gasteiger partial charge on any atom is -0.466 e. The first-order valence-electron chi connectivity index (χ1n) is 33.1. The molecule has 0 radical (unpaired) electrons. The molecule has 6 nitrogen and oxygen atoms in total. The Balaban J connectivity index is 3.33. The Morgan fingerprint density at radius 1 is 0.370 bits per heavy atom. The first kappa shape index (κ1) is 71.3. The summed E-state index contributed by atoms with van der Waals surface area (Å²) < 4.78 is 5.49. The van der Waals surface area contributed by atoms with Gasteiger partial charge in [0, 0.05) is 12.8 Å². The Hall–Kier alpha value is -1.66. The SMILES string of the molecule is CCCCCCCC/C=C\CCCCCCCC(=O)OCCCCCCCCCCCCCC/C=C\CCCCCCCCCCCCCCCCCC(=O)NC(CO)C(O)CCCCCCCCCCCC. The standard InChI is InChI=1S/C67H129NO5/c1-3-5-7-9-11-13-15-16-34-38-41-45-49-53-57-61-67(72)73-62-58-54-50-46-42-39-36-33-31-29-27-25-23-21-19-17-18-20-22-24-26-28-30-32-35-37-40-44-48-52-56-60-66(71)68-64(63-69)65(70)59-55-51-47-43-14-12-10-8-6-4-2/h16,19,21,34,64-65,69-70H,3-15,17-18,20,22-33,35-63H2,1-2H3,(H,68,71)/b21-19-,34-16-. The molecule has 0 bridgehead atoms. The van der Waals surface area contributed by atoms with E-state index >= 15 is 0 Å². The van der Waals surface area contributed by atoms with Crippen LogP contribution in [0.1, 0.15) is 367 Å². The van der Waals surface area contributed by atoms with Crippen LogP contribution >= 0.6 is 0 Å². The summed E-state index contributed by atoms with van der Waals surface area (Å²) >= 11 is 0. The maximum Gasteiger partial charge on any atom is 0.305 e. The number of nitrogens with one attached hydrogen (secondary N) is 1. The molecule has 6 heteroatoms. The van der Waals surface area contributed by atoms with E-state index in [9.17, 15) is 19.8 Å². The summed E-state index contributed by atoms with van der Waals surface area (Å²) in [5.74, 6) is -0.0231. The van der Waals surface area contributed by atoms with E-state index in [0.29, 0.717) is 25.9 Å². The number of ether oxygens (including phenoxy) is 1. The lowest BCUT2D eigenvalue weighted by molar-refractivity contribution is -0.143. The summed E-state index contributed by atoms with van der Waals surface area (Å²) in [5.41, 5.74) is 0. The number of allylic oxidation sites excluding steroid dienone is 4. The maximum absolute atomic E-state index is 12.4. The smallest absolute Gasteiger partial charge is 0.305 e. The van der Waals surface area contributed by atoms with Crippen LogP contribution in [0.2, 0.25) is 0 Å². The molecule has 2 unspecified atom stereocenters. The van der Waals surface area contributed by atoms with Crippen molar-refractivity contribution in [3.63, 3.8) is 0 Å². The minimum absolute atomic E-state index is 0.0100. The number of rotatable bonds is 62. The Labute approximate surface area is 456 Å². The average molecular weight is 1030 g/mol. The van der Waals surface area contributed by atoms with E-state index < -0.39 is 12.1 Å². The molecule has 432 valence electrons. The van der Waals surface area contributed by atoms with Gasteiger partial charge in [0.25, 0.3) is 0 Å². The zero-order valence-electron chi connectivity index (χ0n) is 49.4. The van der Waals surface area contributed by atoms with Crippen molar-refractivity contribution in [2.45, 2.75) is 379 Å². The van der Waals surface area contributed by atoms with E-state index in [4.69, 9.17) is 4.74 Å². The van der Waals surface area contributed by atoms with Gasteiger partial charge in [-0.05, 0) is 77.0 Å². The van der Waals surface area contributed by atoms with E-state index in [2.05, 4.69) is 43.5 Å². The number of aliphatic hydroxyl groups is 2. The van der Waals surface area contributed by atoms with Crippen molar-refractivity contribution >= 4 is 11.9 Å². The van der Waals surface area contributed by atoms with Crippen LogP contribution in [0.5, 0.6) is 0 Å². The third kappa shape index (κ3) is 59.4. The lowest BCUT2D eigenvalue weighted by Crippen LogP contribution is -2.45. The van der Waals surface area contributed by atoms with Gasteiger partial charge in [0.1, 0.15) is 0 Å². The van der Waals surface area contributed by atoms with E-state index in [0.717, 1.165) is 44.9 Å². The highest BCUT2D eigenvalue weighted by atomic mass is 16.5. The molecule has 0 heterocycles. The Morgan fingerprint density at radius 2 is 0.644 bits per heavy atom. The molecule has 0 spiro atoms. The fourth-order valence-electron chi connectivity index (χ4n) is 10.4. The molecule has 0 aliphatic carbocycles. The van der Waals surface area contributed by atoms with Gasteiger partial charge in [0.2, 0.25) is 5.91 Å². The largest absolute Gasteiger partial charge is 0.466 e. The van der Waals surface area contributed by atoms with E-state index in [-0.39, 0.29) is 18.5 Å². The van der Waals surface area contributed by atoms with Gasteiger partial charge < -0.3 is 20.3 Å². The van der Waals surface area contributed by atoms with Crippen LogP contribution in [0, 0.1) is 0 Å². The van der Waals surface area contributed by atoms with Gasteiger partial charge >= 0.3 is 5.97 Å². The summed E-state index contributed by atoms with van der Waals surface area (Å²) in [4.78, 5) is 24.5. The molecule has 2 atom stereocenters. The second-order valence-corrected chi connectivity index (χ2v) is 22.8. The van der Waals surface area contributed by atoms with Gasteiger partial charge in [-0.1, -0.05) is 301 Å². The molecule has 0 saturated heterocycles. The Kier molecular flexibility index (Phi) is 61.4. The quantitative estimate of drug-likeness (QED) is 0.0320. The molecule has 3 N–H and O–H groups in total. The van der Waals surface area contributed by atoms with Crippen molar-refractivity contribution in [3.05, 3.63) is 24.3 Å². The van der Waals surface area contributed by atoms with Gasteiger partial charge in [-0.3, -0.25) is 9.59 Å². The maximum atomic E-state index is 12.4. The second kappa shape index (κ2) is 62.9. The second-order valence-electron chi connectivity index (χ2n) is 22.8. The normalized spacial score (nSPS) is 12.7. The molecular weight excluding hydrogens is 899 g/mol. The van der Waals surface area contributed by atoms with Crippen molar-refractivity contribution in [1.29, 1.82) is 0 Å². The number of amides is 1. The highest BCUT2D eigenvalue weighted by Gasteiger charge is 2.20. The molecule has 0 aromatic rings.